The first-order valence-electron chi connectivity index (χ1n) is 5.61. The number of phenolic OH excluding ortho intramolecular Hbond substituents is 1. The molecule has 0 aliphatic heterocycles. The van der Waals surface area contributed by atoms with Gasteiger partial charge in [0, 0.05) is 16.6 Å². The fraction of sp³-hybridized carbons (Fsp3) is 0.0714. The van der Waals surface area contributed by atoms with Gasteiger partial charge in [0.2, 0.25) is 0 Å². The standard InChI is InChI=1S/C14H13NO3S/c15-10-3-6-13(12(16)8-10)19-11-4-1-9(2-5-11)7-14(17)18/h1-6,8,16H,7,15H2,(H,17,18). The van der Waals surface area contributed by atoms with Crippen LogP contribution in [-0.4, -0.2) is 16.2 Å². The van der Waals surface area contributed by atoms with Crippen LogP contribution in [0.1, 0.15) is 5.56 Å². The zero-order valence-electron chi connectivity index (χ0n) is 10.0. The zero-order chi connectivity index (χ0) is 13.8. The van der Waals surface area contributed by atoms with Crippen molar-refractivity contribution in [1.29, 1.82) is 0 Å². The Kier molecular flexibility index (Phi) is 3.97. The van der Waals surface area contributed by atoms with Crippen molar-refractivity contribution >= 4 is 23.4 Å². The summed E-state index contributed by atoms with van der Waals surface area (Å²) in [5.41, 5.74) is 6.82. The molecule has 0 aliphatic carbocycles. The molecule has 4 N–H and O–H groups in total. The summed E-state index contributed by atoms with van der Waals surface area (Å²) >= 11 is 1.40. The maximum atomic E-state index is 10.6. The molecule has 2 aromatic carbocycles. The number of nitrogen functional groups attached to an aromatic ring is 1. The van der Waals surface area contributed by atoms with E-state index in [1.165, 1.54) is 17.8 Å². The Morgan fingerprint density at radius 3 is 2.42 bits per heavy atom. The van der Waals surface area contributed by atoms with Gasteiger partial charge in [-0.25, -0.2) is 0 Å². The fourth-order valence-corrected chi connectivity index (χ4v) is 2.42. The first-order chi connectivity index (χ1) is 9.04. The maximum Gasteiger partial charge on any atom is 0.307 e. The highest BCUT2D eigenvalue weighted by Gasteiger charge is 2.05. The summed E-state index contributed by atoms with van der Waals surface area (Å²) in [5, 5.41) is 18.4. The summed E-state index contributed by atoms with van der Waals surface area (Å²) in [5.74, 6) is -0.712. The Bertz CT molecular complexity index is 596. The van der Waals surface area contributed by atoms with Gasteiger partial charge in [-0.2, -0.15) is 0 Å². The summed E-state index contributed by atoms with van der Waals surface area (Å²) in [7, 11) is 0. The molecule has 5 heteroatoms. The normalized spacial score (nSPS) is 10.3. The number of carbonyl (C=O) groups is 1. The van der Waals surface area contributed by atoms with E-state index in [2.05, 4.69) is 0 Å². The molecule has 0 saturated carbocycles. The average molecular weight is 275 g/mol. The highest BCUT2D eigenvalue weighted by Crippen LogP contribution is 2.35. The highest BCUT2D eigenvalue weighted by molar-refractivity contribution is 7.99. The lowest BCUT2D eigenvalue weighted by atomic mass is 10.2. The lowest BCUT2D eigenvalue weighted by Gasteiger charge is -2.06. The van der Waals surface area contributed by atoms with Crippen molar-refractivity contribution < 1.29 is 15.0 Å². The van der Waals surface area contributed by atoms with Gasteiger partial charge in [-0.1, -0.05) is 23.9 Å². The van der Waals surface area contributed by atoms with Crippen LogP contribution in [0.5, 0.6) is 5.75 Å². The molecule has 0 saturated heterocycles. The smallest absolute Gasteiger partial charge is 0.307 e. The van der Waals surface area contributed by atoms with Crippen LogP contribution in [0, 0.1) is 0 Å². The Balaban J connectivity index is 2.13. The molecule has 0 bridgehead atoms. The van der Waals surface area contributed by atoms with Gasteiger partial charge in [0.15, 0.2) is 0 Å². The van der Waals surface area contributed by atoms with Crippen molar-refractivity contribution in [3.8, 4) is 5.75 Å². The van der Waals surface area contributed by atoms with Crippen molar-refractivity contribution in [3.05, 3.63) is 48.0 Å². The molecule has 19 heavy (non-hydrogen) atoms. The van der Waals surface area contributed by atoms with Crippen molar-refractivity contribution in [2.45, 2.75) is 16.2 Å². The number of benzene rings is 2. The summed E-state index contributed by atoms with van der Waals surface area (Å²) < 4.78 is 0. The van der Waals surface area contributed by atoms with Gasteiger partial charge in [-0.05, 0) is 29.8 Å². The largest absolute Gasteiger partial charge is 0.507 e. The van der Waals surface area contributed by atoms with Gasteiger partial charge in [0.25, 0.3) is 0 Å². The number of anilines is 1. The molecule has 0 spiro atoms. The first-order valence-corrected chi connectivity index (χ1v) is 6.43. The molecule has 98 valence electrons. The molecule has 2 rings (SSSR count). The minimum Gasteiger partial charge on any atom is -0.507 e. The molecule has 0 aliphatic rings. The van der Waals surface area contributed by atoms with E-state index in [1.54, 1.807) is 24.3 Å². The second-order valence-electron chi connectivity index (χ2n) is 4.04. The third kappa shape index (κ3) is 3.66. The molecule has 0 fully saturated rings. The van der Waals surface area contributed by atoms with Crippen LogP contribution in [0.2, 0.25) is 0 Å². The van der Waals surface area contributed by atoms with Crippen molar-refractivity contribution in [2.75, 3.05) is 5.73 Å². The Labute approximate surface area is 114 Å². The van der Waals surface area contributed by atoms with E-state index < -0.39 is 5.97 Å². The summed E-state index contributed by atoms with van der Waals surface area (Å²) in [6.07, 6.45) is 0.0120. The number of nitrogens with two attached hydrogens (primary N) is 1. The van der Waals surface area contributed by atoms with Gasteiger partial charge >= 0.3 is 5.97 Å². The van der Waals surface area contributed by atoms with E-state index in [4.69, 9.17) is 10.8 Å². The topological polar surface area (TPSA) is 83.6 Å². The molecule has 0 amide bonds. The number of hydrogen-bond donors (Lipinski definition) is 3. The molecule has 0 unspecified atom stereocenters. The van der Waals surface area contributed by atoms with Crippen LogP contribution in [0.4, 0.5) is 5.69 Å². The maximum absolute atomic E-state index is 10.6. The van der Waals surface area contributed by atoms with Gasteiger partial charge in [-0.15, -0.1) is 0 Å². The summed E-state index contributed by atoms with van der Waals surface area (Å²) in [4.78, 5) is 12.2. The van der Waals surface area contributed by atoms with Crippen molar-refractivity contribution in [1.82, 2.24) is 0 Å². The third-order valence-corrected chi connectivity index (χ3v) is 3.56. The van der Waals surface area contributed by atoms with Crippen LogP contribution in [-0.2, 0) is 11.2 Å². The van der Waals surface area contributed by atoms with Crippen molar-refractivity contribution in [2.24, 2.45) is 0 Å². The third-order valence-electron chi connectivity index (χ3n) is 2.49. The molecule has 0 atom stereocenters. The van der Waals surface area contributed by atoms with Crippen LogP contribution in [0.15, 0.2) is 52.3 Å². The van der Waals surface area contributed by atoms with Crippen LogP contribution in [0.3, 0.4) is 0 Å². The number of carboxylic acids is 1. The second kappa shape index (κ2) is 5.67. The average Bonchev–Trinajstić information content (AvgIpc) is 2.34. The van der Waals surface area contributed by atoms with Gasteiger partial charge in [0.05, 0.1) is 11.3 Å². The lowest BCUT2D eigenvalue weighted by Crippen LogP contribution is -1.99. The zero-order valence-corrected chi connectivity index (χ0v) is 10.9. The van der Waals surface area contributed by atoms with E-state index >= 15 is 0 Å². The van der Waals surface area contributed by atoms with Gasteiger partial charge in [-0.3, -0.25) is 4.79 Å². The van der Waals surface area contributed by atoms with E-state index in [9.17, 15) is 9.90 Å². The van der Waals surface area contributed by atoms with Crippen molar-refractivity contribution in [3.63, 3.8) is 0 Å². The van der Waals surface area contributed by atoms with E-state index in [1.807, 2.05) is 12.1 Å². The lowest BCUT2D eigenvalue weighted by molar-refractivity contribution is -0.136. The van der Waals surface area contributed by atoms with Crippen LogP contribution in [0.25, 0.3) is 0 Å². The number of rotatable bonds is 4. The van der Waals surface area contributed by atoms with E-state index in [-0.39, 0.29) is 12.2 Å². The molecular formula is C14H13NO3S. The van der Waals surface area contributed by atoms with Crippen LogP contribution >= 0.6 is 11.8 Å². The Hall–Kier alpha value is -2.14. The SMILES string of the molecule is Nc1ccc(Sc2ccc(CC(=O)O)cc2)c(O)c1. The number of phenols is 1. The van der Waals surface area contributed by atoms with Gasteiger partial charge in [0.1, 0.15) is 5.75 Å². The Morgan fingerprint density at radius 2 is 1.84 bits per heavy atom. The van der Waals surface area contributed by atoms with E-state index in [0.717, 1.165) is 10.5 Å². The molecule has 4 nitrogen and oxygen atoms in total. The second-order valence-corrected chi connectivity index (χ2v) is 5.16. The summed E-state index contributed by atoms with van der Waals surface area (Å²) in [6, 6.07) is 12.2. The molecule has 2 aromatic rings. The predicted molar refractivity (Wildman–Crippen MR) is 74.4 cm³/mol. The molecule has 0 radical (unpaired) electrons. The van der Waals surface area contributed by atoms with E-state index in [0.29, 0.717) is 10.6 Å². The van der Waals surface area contributed by atoms with Gasteiger partial charge < -0.3 is 15.9 Å². The molecule has 0 heterocycles. The Morgan fingerprint density at radius 1 is 1.16 bits per heavy atom. The number of hydrogen-bond acceptors (Lipinski definition) is 4. The molecule has 0 aromatic heterocycles. The fourth-order valence-electron chi connectivity index (χ4n) is 1.60. The first kappa shape index (κ1) is 13.3. The number of aromatic hydroxyl groups is 1. The van der Waals surface area contributed by atoms with Crippen LogP contribution < -0.4 is 5.73 Å². The monoisotopic (exact) mass is 275 g/mol. The number of carboxylic acid groups (broad SMARTS) is 1. The predicted octanol–water partition coefficient (Wildman–Crippen LogP) is 2.75. The quantitative estimate of drug-likeness (QED) is 0.747. The minimum absolute atomic E-state index is 0.0120. The minimum atomic E-state index is -0.850. The summed E-state index contributed by atoms with van der Waals surface area (Å²) in [6.45, 7) is 0. The number of aliphatic carboxylic acids is 1. The highest BCUT2D eigenvalue weighted by atomic mass is 32.2. The molecular weight excluding hydrogens is 262 g/mol.